The fourth-order valence-electron chi connectivity index (χ4n) is 1.14. The number of hydrogen-bond donors (Lipinski definition) is 1. The summed E-state index contributed by atoms with van der Waals surface area (Å²) < 4.78 is 0. The lowest BCUT2D eigenvalue weighted by Crippen LogP contribution is -2.03. The Bertz CT molecular complexity index is 418. The van der Waals surface area contributed by atoms with Gasteiger partial charge in [0.2, 0.25) is 5.43 Å². The van der Waals surface area contributed by atoms with E-state index in [1.165, 1.54) is 6.07 Å². The zero-order valence-electron chi connectivity index (χ0n) is 8.24. The molecule has 3 nitrogen and oxygen atoms in total. The fourth-order valence-corrected chi connectivity index (χ4v) is 1.14. The van der Waals surface area contributed by atoms with Crippen LogP contribution in [-0.4, -0.2) is 0 Å². The summed E-state index contributed by atoms with van der Waals surface area (Å²) in [7, 11) is 0. The summed E-state index contributed by atoms with van der Waals surface area (Å²) >= 11 is 0. The van der Waals surface area contributed by atoms with Crippen LogP contribution in [0.4, 0.5) is 5.69 Å². The van der Waals surface area contributed by atoms with Gasteiger partial charge in [-0.3, -0.25) is 10.1 Å². The predicted molar refractivity (Wildman–Crippen MR) is 56.0 cm³/mol. The number of nitrogens with zero attached hydrogens (tertiary/aromatic N) is 1. The van der Waals surface area contributed by atoms with Gasteiger partial charge < -0.3 is 0 Å². The van der Waals surface area contributed by atoms with E-state index in [4.69, 9.17) is 5.26 Å². The van der Waals surface area contributed by atoms with E-state index >= 15 is 0 Å². The van der Waals surface area contributed by atoms with Crippen molar-refractivity contribution in [3.8, 4) is 6.19 Å². The molecular formula is C11H12N2O. The Morgan fingerprint density at radius 3 is 2.71 bits per heavy atom. The fraction of sp³-hybridized carbons (Fsp3) is 0.273. The molecule has 14 heavy (non-hydrogen) atoms. The van der Waals surface area contributed by atoms with Crippen LogP contribution in [0.3, 0.4) is 0 Å². The molecule has 72 valence electrons. The van der Waals surface area contributed by atoms with Crippen LogP contribution in [0.5, 0.6) is 0 Å². The van der Waals surface area contributed by atoms with Crippen LogP contribution in [0.25, 0.3) is 0 Å². The molecule has 0 radical (unpaired) electrons. The van der Waals surface area contributed by atoms with Gasteiger partial charge in [0.1, 0.15) is 0 Å². The SMILES string of the molecule is CC(C)c1cccc(=O)c(NC#N)c1. The molecule has 0 bridgehead atoms. The molecule has 0 aliphatic carbocycles. The molecule has 0 amide bonds. The number of hydrogen-bond acceptors (Lipinski definition) is 3. The summed E-state index contributed by atoms with van der Waals surface area (Å²) in [6, 6.07) is 6.76. The van der Waals surface area contributed by atoms with Crippen molar-refractivity contribution in [3.63, 3.8) is 0 Å². The van der Waals surface area contributed by atoms with E-state index in [1.807, 2.05) is 19.9 Å². The molecule has 0 unspecified atom stereocenters. The Balaban J connectivity index is 3.30. The average Bonchev–Trinajstić information content (AvgIpc) is 2.30. The third-order valence-corrected chi connectivity index (χ3v) is 1.97. The van der Waals surface area contributed by atoms with Crippen molar-refractivity contribution in [3.05, 3.63) is 40.1 Å². The minimum absolute atomic E-state index is 0.168. The van der Waals surface area contributed by atoms with Crippen molar-refractivity contribution in [2.24, 2.45) is 0 Å². The Kier molecular flexibility index (Phi) is 3.24. The summed E-state index contributed by atoms with van der Waals surface area (Å²) in [6.45, 7) is 4.08. The molecule has 0 aliphatic rings. The van der Waals surface area contributed by atoms with Crippen molar-refractivity contribution in [1.82, 2.24) is 0 Å². The van der Waals surface area contributed by atoms with Crippen molar-refractivity contribution in [1.29, 1.82) is 5.26 Å². The minimum atomic E-state index is -0.168. The van der Waals surface area contributed by atoms with Gasteiger partial charge in [0.25, 0.3) is 0 Å². The summed E-state index contributed by atoms with van der Waals surface area (Å²) in [5, 5.41) is 10.8. The Labute approximate surface area is 83.0 Å². The van der Waals surface area contributed by atoms with Crippen LogP contribution in [0.2, 0.25) is 0 Å². The van der Waals surface area contributed by atoms with Crippen LogP contribution >= 0.6 is 0 Å². The average molecular weight is 188 g/mol. The zero-order chi connectivity index (χ0) is 10.6. The molecule has 0 fully saturated rings. The number of nitriles is 1. The molecule has 1 N–H and O–H groups in total. The lowest BCUT2D eigenvalue weighted by atomic mass is 10.1. The molecule has 1 aromatic carbocycles. The maximum atomic E-state index is 11.4. The van der Waals surface area contributed by atoms with Gasteiger partial charge in [-0.05, 0) is 23.6 Å². The van der Waals surface area contributed by atoms with E-state index in [1.54, 1.807) is 18.3 Å². The van der Waals surface area contributed by atoms with E-state index in [-0.39, 0.29) is 5.43 Å². The van der Waals surface area contributed by atoms with Crippen LogP contribution < -0.4 is 10.7 Å². The second-order valence-corrected chi connectivity index (χ2v) is 3.34. The molecular weight excluding hydrogens is 176 g/mol. The molecule has 0 saturated heterocycles. The minimum Gasteiger partial charge on any atom is -0.289 e. The third-order valence-electron chi connectivity index (χ3n) is 1.97. The summed E-state index contributed by atoms with van der Waals surface area (Å²) in [4.78, 5) is 11.4. The molecule has 1 aromatic rings. The molecule has 0 heterocycles. The van der Waals surface area contributed by atoms with Crippen molar-refractivity contribution in [2.45, 2.75) is 19.8 Å². The van der Waals surface area contributed by atoms with Gasteiger partial charge in [0.15, 0.2) is 6.19 Å². The van der Waals surface area contributed by atoms with E-state index in [0.29, 0.717) is 11.6 Å². The van der Waals surface area contributed by atoms with E-state index in [0.717, 1.165) is 5.56 Å². The van der Waals surface area contributed by atoms with Gasteiger partial charge in [-0.1, -0.05) is 26.0 Å². The summed E-state index contributed by atoms with van der Waals surface area (Å²) in [5.41, 5.74) is 1.20. The predicted octanol–water partition coefficient (Wildman–Crippen LogP) is 2.06. The van der Waals surface area contributed by atoms with Crippen LogP contribution in [0, 0.1) is 11.5 Å². The summed E-state index contributed by atoms with van der Waals surface area (Å²) in [6.07, 6.45) is 1.75. The van der Waals surface area contributed by atoms with E-state index < -0.39 is 0 Å². The molecule has 0 aliphatic heterocycles. The second-order valence-electron chi connectivity index (χ2n) is 3.34. The first kappa shape index (κ1) is 10.3. The van der Waals surface area contributed by atoms with Gasteiger partial charge in [0, 0.05) is 0 Å². The number of nitrogens with one attached hydrogen (secondary N) is 1. The molecule has 0 spiro atoms. The maximum Gasteiger partial charge on any atom is 0.202 e. The lowest BCUT2D eigenvalue weighted by Gasteiger charge is -2.01. The molecule has 1 rings (SSSR count). The first-order chi connectivity index (χ1) is 6.65. The normalized spacial score (nSPS) is 9.57. The molecule has 3 heteroatoms. The highest BCUT2D eigenvalue weighted by atomic mass is 16.1. The first-order valence-electron chi connectivity index (χ1n) is 4.44. The van der Waals surface area contributed by atoms with Crippen LogP contribution in [0.15, 0.2) is 29.1 Å². The van der Waals surface area contributed by atoms with Gasteiger partial charge in [0.05, 0.1) is 5.69 Å². The van der Waals surface area contributed by atoms with Gasteiger partial charge >= 0.3 is 0 Å². The maximum absolute atomic E-state index is 11.4. The molecule has 0 atom stereocenters. The molecule has 0 aromatic heterocycles. The lowest BCUT2D eigenvalue weighted by molar-refractivity contribution is 0.869. The molecule has 0 saturated carbocycles. The highest BCUT2D eigenvalue weighted by Gasteiger charge is 2.01. The number of anilines is 1. The standard InChI is InChI=1S/C11H12N2O/c1-8(2)9-4-3-5-11(14)10(6-9)13-7-12/h3-6,8H,1-2H3,(H,13,14). The highest BCUT2D eigenvalue weighted by molar-refractivity contribution is 5.47. The van der Waals surface area contributed by atoms with Crippen molar-refractivity contribution < 1.29 is 0 Å². The van der Waals surface area contributed by atoms with E-state index in [9.17, 15) is 4.79 Å². The van der Waals surface area contributed by atoms with Gasteiger partial charge in [-0.2, -0.15) is 5.26 Å². The topological polar surface area (TPSA) is 52.9 Å². The first-order valence-corrected chi connectivity index (χ1v) is 4.44. The zero-order valence-corrected chi connectivity index (χ0v) is 8.24. The number of rotatable bonds is 2. The van der Waals surface area contributed by atoms with Crippen LogP contribution in [0.1, 0.15) is 25.3 Å². The second kappa shape index (κ2) is 4.43. The van der Waals surface area contributed by atoms with Crippen molar-refractivity contribution in [2.75, 3.05) is 5.32 Å². The van der Waals surface area contributed by atoms with Gasteiger partial charge in [-0.25, -0.2) is 0 Å². The van der Waals surface area contributed by atoms with Crippen molar-refractivity contribution >= 4 is 5.69 Å². The quantitative estimate of drug-likeness (QED) is 0.571. The Hall–Kier alpha value is -1.82. The van der Waals surface area contributed by atoms with Crippen LogP contribution in [-0.2, 0) is 0 Å². The van der Waals surface area contributed by atoms with Gasteiger partial charge in [-0.15, -0.1) is 0 Å². The largest absolute Gasteiger partial charge is 0.289 e. The Morgan fingerprint density at radius 1 is 1.43 bits per heavy atom. The third kappa shape index (κ3) is 2.33. The highest BCUT2D eigenvalue weighted by Crippen LogP contribution is 2.14. The Morgan fingerprint density at radius 2 is 2.14 bits per heavy atom. The monoisotopic (exact) mass is 188 g/mol. The summed E-state index contributed by atoms with van der Waals surface area (Å²) in [5.74, 6) is 0.334. The van der Waals surface area contributed by atoms with E-state index in [2.05, 4.69) is 5.32 Å². The smallest absolute Gasteiger partial charge is 0.202 e.